The Kier molecular flexibility index (Phi) is 7.31. The lowest BCUT2D eigenvalue weighted by Gasteiger charge is -2.19. The molecule has 0 spiro atoms. The summed E-state index contributed by atoms with van der Waals surface area (Å²) in [4.78, 5) is 29.1. The van der Waals surface area contributed by atoms with Gasteiger partial charge >= 0.3 is 12.1 Å². The number of alkyl carbamates (subject to hydrolysis) is 1. The first-order valence-electron chi connectivity index (χ1n) is 13.1. The standard InChI is InChI=1S/C32H21F5N2O4/c33-25-26(34)28(36)30(29(37)27(25)35)43-31(40)24(13-16-14-38-23-12-6-5-7-17(16)23)39-32(41)42-15-22-20-10-3-1-8-18(20)19-9-2-4-11-21(19)22/h1-12,14,22,24,38H,13,15H2,(H,39,41)/t24-/m0/s1. The monoisotopic (exact) mass is 592 g/mol. The molecule has 2 N–H and O–H groups in total. The van der Waals surface area contributed by atoms with Gasteiger partial charge in [0, 0.05) is 29.4 Å². The average molecular weight is 593 g/mol. The molecule has 6 nitrogen and oxygen atoms in total. The molecule has 4 aromatic carbocycles. The maximum atomic E-state index is 14.3. The Morgan fingerprint density at radius 2 is 1.33 bits per heavy atom. The highest BCUT2D eigenvalue weighted by Gasteiger charge is 2.33. The summed E-state index contributed by atoms with van der Waals surface area (Å²) in [6.07, 6.45) is 0.242. The van der Waals surface area contributed by atoms with Crippen molar-refractivity contribution in [2.45, 2.75) is 18.4 Å². The molecule has 1 aromatic heterocycles. The van der Waals surface area contributed by atoms with Crippen LogP contribution in [0.3, 0.4) is 0 Å². The van der Waals surface area contributed by atoms with E-state index in [-0.39, 0.29) is 18.9 Å². The van der Waals surface area contributed by atoms with E-state index in [1.807, 2.05) is 48.5 Å². The fraction of sp³-hybridized carbons (Fsp3) is 0.125. The lowest BCUT2D eigenvalue weighted by molar-refractivity contribution is -0.137. The van der Waals surface area contributed by atoms with Gasteiger partial charge in [-0.1, -0.05) is 66.7 Å². The molecule has 218 valence electrons. The number of aromatic nitrogens is 1. The Morgan fingerprint density at radius 3 is 1.98 bits per heavy atom. The molecule has 1 heterocycles. The van der Waals surface area contributed by atoms with Gasteiger partial charge in [-0.15, -0.1) is 0 Å². The third-order valence-corrected chi connectivity index (χ3v) is 7.39. The van der Waals surface area contributed by atoms with Crippen molar-refractivity contribution < 1.29 is 41.0 Å². The second-order valence-corrected chi connectivity index (χ2v) is 9.91. The van der Waals surface area contributed by atoms with Gasteiger partial charge in [-0.05, 0) is 33.9 Å². The van der Waals surface area contributed by atoms with E-state index in [4.69, 9.17) is 4.74 Å². The minimum Gasteiger partial charge on any atom is -0.449 e. The summed E-state index contributed by atoms with van der Waals surface area (Å²) in [6.45, 7) is -0.105. The van der Waals surface area contributed by atoms with Gasteiger partial charge in [0.15, 0.2) is 0 Å². The number of fused-ring (bicyclic) bond motifs is 4. The average Bonchev–Trinajstić information content (AvgIpc) is 3.58. The molecule has 0 aliphatic heterocycles. The van der Waals surface area contributed by atoms with Crippen molar-refractivity contribution in [1.82, 2.24) is 10.3 Å². The van der Waals surface area contributed by atoms with Crippen LogP contribution in [0.15, 0.2) is 79.0 Å². The van der Waals surface area contributed by atoms with E-state index in [1.54, 1.807) is 30.5 Å². The van der Waals surface area contributed by atoms with Crippen LogP contribution >= 0.6 is 0 Å². The largest absolute Gasteiger partial charge is 0.449 e. The van der Waals surface area contributed by atoms with E-state index in [0.29, 0.717) is 16.5 Å². The van der Waals surface area contributed by atoms with Crippen molar-refractivity contribution in [3.63, 3.8) is 0 Å². The number of benzene rings is 4. The molecule has 1 amide bonds. The molecule has 0 fully saturated rings. The van der Waals surface area contributed by atoms with Crippen molar-refractivity contribution in [1.29, 1.82) is 0 Å². The number of ether oxygens (including phenoxy) is 2. The lowest BCUT2D eigenvalue weighted by Crippen LogP contribution is -2.45. The zero-order chi connectivity index (χ0) is 30.2. The molecule has 0 saturated carbocycles. The van der Waals surface area contributed by atoms with Crippen molar-refractivity contribution in [3.05, 3.63) is 125 Å². The van der Waals surface area contributed by atoms with Gasteiger partial charge in [-0.3, -0.25) is 0 Å². The highest BCUT2D eigenvalue weighted by atomic mass is 19.2. The van der Waals surface area contributed by atoms with Gasteiger partial charge in [0.1, 0.15) is 12.6 Å². The van der Waals surface area contributed by atoms with Crippen molar-refractivity contribution in [3.8, 4) is 16.9 Å². The number of para-hydroxylation sites is 1. The van der Waals surface area contributed by atoms with Crippen molar-refractivity contribution >= 4 is 23.0 Å². The van der Waals surface area contributed by atoms with Crippen molar-refractivity contribution in [2.24, 2.45) is 0 Å². The second kappa shape index (κ2) is 11.2. The number of H-pyrrole nitrogens is 1. The van der Waals surface area contributed by atoms with Gasteiger partial charge in [-0.25, -0.2) is 22.8 Å². The third kappa shape index (κ3) is 5.07. The first kappa shape index (κ1) is 28.0. The number of nitrogens with one attached hydrogen (secondary N) is 2. The van der Waals surface area contributed by atoms with Crippen LogP contribution in [0.4, 0.5) is 26.7 Å². The lowest BCUT2D eigenvalue weighted by atomic mass is 9.98. The van der Waals surface area contributed by atoms with Crippen LogP contribution in [-0.2, 0) is 16.0 Å². The number of aromatic amines is 1. The predicted octanol–water partition coefficient (Wildman–Crippen LogP) is 6.92. The highest BCUT2D eigenvalue weighted by molar-refractivity contribution is 5.87. The third-order valence-electron chi connectivity index (χ3n) is 7.39. The van der Waals surface area contributed by atoms with Crippen LogP contribution in [0.5, 0.6) is 5.75 Å². The molecule has 0 bridgehead atoms. The molecule has 5 aromatic rings. The number of rotatable bonds is 7. The quantitative estimate of drug-likeness (QED) is 0.0707. The summed E-state index contributed by atoms with van der Waals surface area (Å²) in [7, 11) is 0. The molecule has 0 saturated heterocycles. The van der Waals surface area contributed by atoms with E-state index in [9.17, 15) is 31.5 Å². The minimum atomic E-state index is -2.40. The number of hydrogen-bond donors (Lipinski definition) is 2. The Morgan fingerprint density at radius 1 is 0.767 bits per heavy atom. The molecule has 0 unspecified atom stereocenters. The highest BCUT2D eigenvalue weighted by Crippen LogP contribution is 2.44. The fourth-order valence-electron chi connectivity index (χ4n) is 5.34. The van der Waals surface area contributed by atoms with Crippen LogP contribution in [0.1, 0.15) is 22.6 Å². The first-order valence-corrected chi connectivity index (χ1v) is 13.1. The number of carbonyl (C=O) groups excluding carboxylic acids is 2. The molecule has 1 atom stereocenters. The summed E-state index contributed by atoms with van der Waals surface area (Å²) in [6, 6.07) is 20.7. The minimum absolute atomic E-state index is 0.105. The van der Waals surface area contributed by atoms with Crippen LogP contribution in [0, 0.1) is 29.1 Å². The molecule has 43 heavy (non-hydrogen) atoms. The molecular weight excluding hydrogens is 571 g/mol. The van der Waals surface area contributed by atoms with Crippen LogP contribution in [-0.4, -0.2) is 29.7 Å². The number of halogens is 5. The zero-order valence-corrected chi connectivity index (χ0v) is 22.1. The smallest absolute Gasteiger partial charge is 0.407 e. The van der Waals surface area contributed by atoms with Gasteiger partial charge < -0.3 is 19.8 Å². The maximum Gasteiger partial charge on any atom is 0.407 e. The fourth-order valence-corrected chi connectivity index (χ4v) is 5.34. The summed E-state index contributed by atoms with van der Waals surface area (Å²) in [5.74, 6) is -15.2. The van der Waals surface area contributed by atoms with Gasteiger partial charge in [-0.2, -0.15) is 8.78 Å². The van der Waals surface area contributed by atoms with E-state index < -0.39 is 52.9 Å². The summed E-state index contributed by atoms with van der Waals surface area (Å²) >= 11 is 0. The number of esters is 1. The maximum absolute atomic E-state index is 14.3. The number of hydrogen-bond acceptors (Lipinski definition) is 4. The van der Waals surface area contributed by atoms with Gasteiger partial charge in [0.25, 0.3) is 0 Å². The van der Waals surface area contributed by atoms with Crippen LogP contribution < -0.4 is 10.1 Å². The number of carbonyl (C=O) groups is 2. The first-order chi connectivity index (χ1) is 20.7. The van der Waals surface area contributed by atoms with Gasteiger partial charge in [0.05, 0.1) is 0 Å². The molecule has 11 heteroatoms. The molecule has 1 aliphatic rings. The normalized spacial score (nSPS) is 13.0. The Hall–Kier alpha value is -5.19. The summed E-state index contributed by atoms with van der Waals surface area (Å²) in [5, 5.41) is 3.01. The Labute approximate surface area is 241 Å². The van der Waals surface area contributed by atoms with E-state index >= 15 is 0 Å². The van der Waals surface area contributed by atoms with Crippen LogP contribution in [0.2, 0.25) is 0 Å². The molecule has 0 radical (unpaired) electrons. The summed E-state index contributed by atoms with van der Waals surface area (Å²) in [5.41, 5.74) is 5.08. The Bertz CT molecular complexity index is 1810. The Balaban J connectivity index is 1.25. The number of amides is 1. The van der Waals surface area contributed by atoms with Crippen LogP contribution in [0.25, 0.3) is 22.0 Å². The van der Waals surface area contributed by atoms with E-state index in [1.165, 1.54) is 0 Å². The molecule has 6 rings (SSSR count). The van der Waals surface area contributed by atoms with E-state index in [0.717, 1.165) is 22.3 Å². The topological polar surface area (TPSA) is 80.4 Å². The van der Waals surface area contributed by atoms with E-state index in [2.05, 4.69) is 15.0 Å². The second-order valence-electron chi connectivity index (χ2n) is 9.91. The van der Waals surface area contributed by atoms with Gasteiger partial charge in [0.2, 0.25) is 34.8 Å². The SMILES string of the molecule is O=C(N[C@@H](Cc1c[nH]c2ccccc12)C(=O)Oc1c(F)c(F)c(F)c(F)c1F)OCC1c2ccccc2-c2ccccc21. The zero-order valence-electron chi connectivity index (χ0n) is 22.1. The predicted molar refractivity (Wildman–Crippen MR) is 146 cm³/mol. The molecular formula is C32H21F5N2O4. The summed E-state index contributed by atoms with van der Waals surface area (Å²) < 4.78 is 79.8. The van der Waals surface area contributed by atoms with Crippen molar-refractivity contribution in [2.75, 3.05) is 6.61 Å². The molecule has 1 aliphatic carbocycles.